The van der Waals surface area contributed by atoms with Gasteiger partial charge in [-0.15, -0.1) is 0 Å². The van der Waals surface area contributed by atoms with Crippen molar-refractivity contribution in [3.8, 4) is 16.9 Å². The van der Waals surface area contributed by atoms with E-state index in [1.165, 1.54) is 0 Å². The zero-order chi connectivity index (χ0) is 24.5. The van der Waals surface area contributed by atoms with Crippen LogP contribution in [0.3, 0.4) is 0 Å². The van der Waals surface area contributed by atoms with Gasteiger partial charge in [-0.25, -0.2) is 4.79 Å². The van der Waals surface area contributed by atoms with Crippen LogP contribution in [-0.4, -0.2) is 76.7 Å². The predicted molar refractivity (Wildman–Crippen MR) is 145 cm³/mol. The molecule has 1 unspecified atom stereocenters. The number of methoxy groups -OCH3 is 1. The van der Waals surface area contributed by atoms with Gasteiger partial charge in [-0.2, -0.15) is 11.8 Å². The van der Waals surface area contributed by atoms with Crippen LogP contribution in [0.4, 0.5) is 0 Å². The van der Waals surface area contributed by atoms with Gasteiger partial charge in [0.05, 0.1) is 7.11 Å². The summed E-state index contributed by atoms with van der Waals surface area (Å²) in [6.45, 7) is 1.98. The molecule has 0 bridgehead atoms. The number of ether oxygens (including phenoxy) is 1. The first-order valence-corrected chi connectivity index (χ1v) is 12.2. The molecule has 0 spiro atoms. The minimum atomic E-state index is -1.04. The summed E-state index contributed by atoms with van der Waals surface area (Å²) in [7, 11) is 1.61. The number of amides is 1. The molecular weight excluding hydrogens is 471 g/mol. The first-order valence-electron chi connectivity index (χ1n) is 10.8. The van der Waals surface area contributed by atoms with E-state index in [0.29, 0.717) is 23.5 Å². The zero-order valence-electron chi connectivity index (χ0n) is 19.4. The Labute approximate surface area is 232 Å². The van der Waals surface area contributed by atoms with E-state index in [-0.39, 0.29) is 29.6 Å². The molecule has 1 heterocycles. The van der Waals surface area contributed by atoms with Gasteiger partial charge >= 0.3 is 35.5 Å². The Hall–Kier alpha value is -2.58. The summed E-state index contributed by atoms with van der Waals surface area (Å²) in [5.41, 5.74) is 4.83. The molecule has 3 aromatic rings. The van der Waals surface area contributed by atoms with Gasteiger partial charge in [0.1, 0.15) is 11.8 Å². The van der Waals surface area contributed by atoms with E-state index in [4.69, 9.17) is 4.74 Å². The van der Waals surface area contributed by atoms with Crippen molar-refractivity contribution in [3.05, 3.63) is 83.2 Å². The van der Waals surface area contributed by atoms with Gasteiger partial charge in [0, 0.05) is 23.5 Å². The fourth-order valence-electron chi connectivity index (χ4n) is 3.58. The topological polar surface area (TPSA) is 88.5 Å². The molecule has 0 fully saturated rings. The zero-order valence-corrected chi connectivity index (χ0v) is 20.3. The van der Waals surface area contributed by atoms with E-state index < -0.39 is 17.9 Å². The van der Waals surface area contributed by atoms with Crippen LogP contribution in [0.15, 0.2) is 60.9 Å². The van der Waals surface area contributed by atoms with Crippen LogP contribution in [0.2, 0.25) is 0 Å². The standard InChI is InChI=1S/C27H28N2O4S.Na.H/c1-18-6-4-5-7-21(18)23-16-19(8-10-20-17-28-14-12-25(20)33-2)9-11-22(23)26(30)29-24(27(31)32)13-15-34-3;;/h4-12,14,16-17,24H,13,15H2,1-3H3,(H,29,30)(H,31,32);;/b10-8+;;. The summed E-state index contributed by atoms with van der Waals surface area (Å²) < 4.78 is 5.38. The molecular formula is C27H29N2NaO4S. The van der Waals surface area contributed by atoms with Gasteiger partial charge in [-0.1, -0.05) is 36.4 Å². The summed E-state index contributed by atoms with van der Waals surface area (Å²) in [6.07, 6.45) is 9.50. The summed E-state index contributed by atoms with van der Waals surface area (Å²) in [5, 5.41) is 12.2. The molecule has 2 N–H and O–H groups in total. The van der Waals surface area contributed by atoms with Crippen molar-refractivity contribution in [2.45, 2.75) is 19.4 Å². The number of carboxylic acids is 1. The number of nitrogens with zero attached hydrogens (tertiary/aromatic N) is 1. The maximum atomic E-state index is 13.2. The fourth-order valence-corrected chi connectivity index (χ4v) is 4.05. The number of carbonyl (C=O) groups excluding carboxylic acids is 1. The molecule has 3 rings (SSSR count). The summed E-state index contributed by atoms with van der Waals surface area (Å²) in [5.74, 6) is -0.0870. The fraction of sp³-hybridized carbons (Fsp3) is 0.222. The molecule has 1 atom stereocenters. The minimum absolute atomic E-state index is 0. The molecule has 0 radical (unpaired) electrons. The van der Waals surface area contributed by atoms with Crippen molar-refractivity contribution in [1.29, 1.82) is 0 Å². The molecule has 0 aliphatic heterocycles. The number of rotatable bonds is 10. The second kappa shape index (κ2) is 14.1. The molecule has 1 amide bonds. The van der Waals surface area contributed by atoms with Crippen molar-refractivity contribution in [3.63, 3.8) is 0 Å². The maximum absolute atomic E-state index is 13.2. The Balaban J connectivity index is 0.00000432. The Kier molecular flexibility index (Phi) is 11.5. The summed E-state index contributed by atoms with van der Waals surface area (Å²) in [4.78, 5) is 29.0. The molecule has 0 aliphatic carbocycles. The second-order valence-corrected chi connectivity index (χ2v) is 8.70. The normalized spacial score (nSPS) is 11.5. The van der Waals surface area contributed by atoms with Crippen molar-refractivity contribution in [2.75, 3.05) is 19.1 Å². The van der Waals surface area contributed by atoms with Gasteiger partial charge in [-0.3, -0.25) is 9.78 Å². The van der Waals surface area contributed by atoms with Gasteiger partial charge in [0.25, 0.3) is 5.91 Å². The molecule has 0 saturated heterocycles. The number of thioether (sulfide) groups is 1. The van der Waals surface area contributed by atoms with Gasteiger partial charge in [-0.05, 0) is 71.9 Å². The third-order valence-corrected chi connectivity index (χ3v) is 6.07. The van der Waals surface area contributed by atoms with Crippen molar-refractivity contribution in [2.24, 2.45) is 0 Å². The average Bonchev–Trinajstić information content (AvgIpc) is 2.85. The van der Waals surface area contributed by atoms with E-state index >= 15 is 0 Å². The molecule has 178 valence electrons. The molecule has 8 heteroatoms. The number of aliphatic carboxylic acids is 1. The number of pyridine rings is 1. The number of benzene rings is 2. The third-order valence-electron chi connectivity index (χ3n) is 5.42. The Morgan fingerprint density at radius 3 is 2.60 bits per heavy atom. The predicted octanol–water partition coefficient (Wildman–Crippen LogP) is 4.52. The first kappa shape index (κ1) is 28.7. The van der Waals surface area contributed by atoms with Crippen LogP contribution in [0, 0.1) is 6.92 Å². The number of carboxylic acid groups (broad SMARTS) is 1. The quantitative estimate of drug-likeness (QED) is 0.398. The van der Waals surface area contributed by atoms with Crippen molar-refractivity contribution >= 4 is 65.3 Å². The molecule has 6 nitrogen and oxygen atoms in total. The van der Waals surface area contributed by atoms with E-state index in [9.17, 15) is 14.7 Å². The average molecular weight is 501 g/mol. The van der Waals surface area contributed by atoms with Gasteiger partial charge < -0.3 is 15.2 Å². The molecule has 0 aliphatic rings. The van der Waals surface area contributed by atoms with Crippen molar-refractivity contribution in [1.82, 2.24) is 10.3 Å². The van der Waals surface area contributed by atoms with Crippen molar-refractivity contribution < 1.29 is 19.4 Å². The monoisotopic (exact) mass is 500 g/mol. The Morgan fingerprint density at radius 2 is 1.91 bits per heavy atom. The van der Waals surface area contributed by atoms with Gasteiger partial charge in [0.2, 0.25) is 0 Å². The van der Waals surface area contributed by atoms with Crippen LogP contribution >= 0.6 is 11.8 Å². The molecule has 2 aromatic carbocycles. The van der Waals surface area contributed by atoms with Crippen LogP contribution in [0.5, 0.6) is 5.75 Å². The van der Waals surface area contributed by atoms with E-state index in [1.54, 1.807) is 43.4 Å². The van der Waals surface area contributed by atoms with Crippen LogP contribution in [0.1, 0.15) is 33.5 Å². The number of carbonyl (C=O) groups is 2. The molecule has 1 aromatic heterocycles. The Bertz CT molecular complexity index is 1200. The number of hydrogen-bond donors (Lipinski definition) is 2. The second-order valence-electron chi connectivity index (χ2n) is 7.72. The van der Waals surface area contributed by atoms with Crippen LogP contribution < -0.4 is 10.1 Å². The number of nitrogens with one attached hydrogen (secondary N) is 1. The number of aryl methyl sites for hydroxylation is 1. The summed E-state index contributed by atoms with van der Waals surface area (Å²) >= 11 is 1.54. The summed E-state index contributed by atoms with van der Waals surface area (Å²) in [6, 6.07) is 14.2. The van der Waals surface area contributed by atoms with E-state index in [0.717, 1.165) is 27.8 Å². The Morgan fingerprint density at radius 1 is 1.14 bits per heavy atom. The van der Waals surface area contributed by atoms with E-state index in [2.05, 4.69) is 10.3 Å². The SMILES string of the molecule is COc1ccncc1/C=C/c1ccc(C(=O)NC(CCSC)C(=O)O)c(-c2ccccc2C)c1.[NaH]. The molecule has 0 saturated carbocycles. The third kappa shape index (κ3) is 7.70. The number of hydrogen-bond acceptors (Lipinski definition) is 5. The van der Waals surface area contributed by atoms with Crippen LogP contribution in [0.25, 0.3) is 23.3 Å². The number of aromatic nitrogens is 1. The van der Waals surface area contributed by atoms with Gasteiger partial charge in [0.15, 0.2) is 0 Å². The first-order chi connectivity index (χ1) is 16.4. The van der Waals surface area contributed by atoms with Crippen LogP contribution in [-0.2, 0) is 4.79 Å². The van der Waals surface area contributed by atoms with E-state index in [1.807, 2.05) is 61.7 Å². The molecule has 35 heavy (non-hydrogen) atoms.